The lowest BCUT2D eigenvalue weighted by molar-refractivity contribution is 0.445. The molecule has 130 valence electrons. The molecule has 0 saturated heterocycles. The van der Waals surface area contributed by atoms with E-state index in [1.165, 1.54) is 28.6 Å². The lowest BCUT2D eigenvalue weighted by Gasteiger charge is -2.18. The first-order valence-electron chi connectivity index (χ1n) is 7.67. The van der Waals surface area contributed by atoms with E-state index in [0.717, 1.165) is 6.07 Å². The number of rotatable bonds is 7. The molecule has 0 radical (unpaired) electrons. The predicted molar refractivity (Wildman–Crippen MR) is 90.2 cm³/mol. The van der Waals surface area contributed by atoms with Crippen LogP contribution in [0.3, 0.4) is 0 Å². The summed E-state index contributed by atoms with van der Waals surface area (Å²) in [5, 5.41) is 2.95. The quantitative estimate of drug-likeness (QED) is 0.826. The Hall–Kier alpha value is -1.99. The molecule has 0 fully saturated rings. The van der Waals surface area contributed by atoms with Crippen LogP contribution in [0.2, 0.25) is 0 Å². The molecule has 0 heterocycles. The SMILES string of the molecule is CCN(CC)S(=O)(=O)c1ccc(NCc2cccc(F)c2F)cc1. The molecule has 0 spiro atoms. The van der Waals surface area contributed by atoms with Crippen molar-refractivity contribution < 1.29 is 17.2 Å². The molecule has 2 aromatic carbocycles. The number of hydrogen-bond donors (Lipinski definition) is 1. The van der Waals surface area contributed by atoms with E-state index in [4.69, 9.17) is 0 Å². The second-order valence-corrected chi connectivity index (χ2v) is 7.12. The van der Waals surface area contributed by atoms with Crippen molar-refractivity contribution >= 4 is 15.7 Å². The first-order valence-corrected chi connectivity index (χ1v) is 9.11. The van der Waals surface area contributed by atoms with Gasteiger partial charge in [-0.1, -0.05) is 26.0 Å². The van der Waals surface area contributed by atoms with Crippen molar-refractivity contribution in [1.29, 1.82) is 0 Å². The van der Waals surface area contributed by atoms with Crippen molar-refractivity contribution in [2.24, 2.45) is 0 Å². The molecule has 0 aromatic heterocycles. The minimum absolute atomic E-state index is 0.103. The number of nitrogens with zero attached hydrogens (tertiary/aromatic N) is 1. The van der Waals surface area contributed by atoms with Crippen molar-refractivity contribution in [2.45, 2.75) is 25.3 Å². The summed E-state index contributed by atoms with van der Waals surface area (Å²) in [5.74, 6) is -1.78. The average molecular weight is 354 g/mol. The van der Waals surface area contributed by atoms with Crippen LogP contribution < -0.4 is 5.32 Å². The first-order chi connectivity index (χ1) is 11.4. The normalized spacial score (nSPS) is 11.7. The average Bonchev–Trinajstić information content (AvgIpc) is 2.57. The third-order valence-electron chi connectivity index (χ3n) is 3.71. The standard InChI is InChI=1S/C17H20F2N2O2S/c1-3-21(4-2)24(22,23)15-10-8-14(9-11-15)20-12-13-6-5-7-16(18)17(13)19/h5-11,20H,3-4,12H2,1-2H3. The lowest BCUT2D eigenvalue weighted by atomic mass is 10.2. The third-order valence-corrected chi connectivity index (χ3v) is 5.78. The first kappa shape index (κ1) is 18.4. The molecular weight excluding hydrogens is 334 g/mol. The zero-order valence-electron chi connectivity index (χ0n) is 13.6. The van der Waals surface area contributed by atoms with Crippen molar-refractivity contribution in [1.82, 2.24) is 4.31 Å². The number of halogens is 2. The van der Waals surface area contributed by atoms with Gasteiger partial charge in [0.2, 0.25) is 10.0 Å². The van der Waals surface area contributed by atoms with Gasteiger partial charge in [0, 0.05) is 30.9 Å². The molecule has 0 aliphatic rings. The molecule has 2 rings (SSSR count). The summed E-state index contributed by atoms with van der Waals surface area (Å²) < 4.78 is 52.9. The van der Waals surface area contributed by atoms with Gasteiger partial charge in [0.25, 0.3) is 0 Å². The van der Waals surface area contributed by atoms with Crippen LogP contribution >= 0.6 is 0 Å². The topological polar surface area (TPSA) is 49.4 Å². The molecule has 2 aromatic rings. The fourth-order valence-electron chi connectivity index (χ4n) is 2.34. The van der Waals surface area contributed by atoms with Crippen molar-refractivity contribution in [2.75, 3.05) is 18.4 Å². The highest BCUT2D eigenvalue weighted by Gasteiger charge is 2.21. The van der Waals surface area contributed by atoms with E-state index in [1.807, 2.05) is 0 Å². The summed E-state index contributed by atoms with van der Waals surface area (Å²) >= 11 is 0. The number of nitrogens with one attached hydrogen (secondary N) is 1. The maximum absolute atomic E-state index is 13.6. The summed E-state index contributed by atoms with van der Waals surface area (Å²) in [6, 6.07) is 10.2. The van der Waals surface area contributed by atoms with Crippen LogP contribution in [0.15, 0.2) is 47.4 Å². The Morgan fingerprint density at radius 2 is 1.62 bits per heavy atom. The van der Waals surface area contributed by atoms with E-state index in [9.17, 15) is 17.2 Å². The van der Waals surface area contributed by atoms with Gasteiger partial charge in [-0.05, 0) is 30.3 Å². The van der Waals surface area contributed by atoms with Crippen LogP contribution in [0.25, 0.3) is 0 Å². The Morgan fingerprint density at radius 1 is 1.00 bits per heavy atom. The summed E-state index contributed by atoms with van der Waals surface area (Å²) in [6.45, 7) is 4.47. The number of hydrogen-bond acceptors (Lipinski definition) is 3. The van der Waals surface area contributed by atoms with E-state index >= 15 is 0 Å². The summed E-state index contributed by atoms with van der Waals surface area (Å²) in [7, 11) is -3.50. The van der Waals surface area contributed by atoms with Gasteiger partial charge in [0.1, 0.15) is 0 Å². The zero-order valence-corrected chi connectivity index (χ0v) is 14.4. The summed E-state index contributed by atoms with van der Waals surface area (Å²) in [5.41, 5.74) is 0.826. The van der Waals surface area contributed by atoms with Crippen LogP contribution in [0, 0.1) is 11.6 Å². The van der Waals surface area contributed by atoms with Gasteiger partial charge in [0.05, 0.1) is 4.90 Å². The highest BCUT2D eigenvalue weighted by Crippen LogP contribution is 2.19. The highest BCUT2D eigenvalue weighted by atomic mass is 32.2. The van der Waals surface area contributed by atoms with Crippen LogP contribution in [0.1, 0.15) is 19.4 Å². The molecule has 0 amide bonds. The molecule has 24 heavy (non-hydrogen) atoms. The molecule has 0 aliphatic carbocycles. The largest absolute Gasteiger partial charge is 0.381 e. The van der Waals surface area contributed by atoms with E-state index in [1.54, 1.807) is 26.0 Å². The number of benzene rings is 2. The maximum Gasteiger partial charge on any atom is 0.243 e. The Labute approximate surface area is 141 Å². The zero-order chi connectivity index (χ0) is 17.7. The van der Waals surface area contributed by atoms with Gasteiger partial charge >= 0.3 is 0 Å². The van der Waals surface area contributed by atoms with E-state index < -0.39 is 21.7 Å². The summed E-state index contributed by atoms with van der Waals surface area (Å²) in [4.78, 5) is 0.202. The molecule has 0 saturated carbocycles. The highest BCUT2D eigenvalue weighted by molar-refractivity contribution is 7.89. The van der Waals surface area contributed by atoms with E-state index in [-0.39, 0.29) is 17.0 Å². The molecule has 0 atom stereocenters. The van der Waals surface area contributed by atoms with Gasteiger partial charge < -0.3 is 5.32 Å². The van der Waals surface area contributed by atoms with Gasteiger partial charge in [-0.15, -0.1) is 0 Å². The Morgan fingerprint density at radius 3 is 2.21 bits per heavy atom. The van der Waals surface area contributed by atoms with Crippen molar-refractivity contribution in [3.8, 4) is 0 Å². The molecule has 0 bridgehead atoms. The van der Waals surface area contributed by atoms with Gasteiger partial charge in [-0.25, -0.2) is 17.2 Å². The monoisotopic (exact) mass is 354 g/mol. The maximum atomic E-state index is 13.6. The molecule has 4 nitrogen and oxygen atoms in total. The molecule has 0 unspecified atom stereocenters. The van der Waals surface area contributed by atoms with Gasteiger partial charge in [-0.2, -0.15) is 4.31 Å². The van der Waals surface area contributed by atoms with Gasteiger partial charge in [-0.3, -0.25) is 0 Å². The molecule has 7 heteroatoms. The number of sulfonamides is 1. The minimum atomic E-state index is -3.50. The van der Waals surface area contributed by atoms with Crippen LogP contribution in [-0.2, 0) is 16.6 Å². The molecule has 1 N–H and O–H groups in total. The van der Waals surface area contributed by atoms with E-state index in [0.29, 0.717) is 18.8 Å². The second kappa shape index (κ2) is 7.72. The predicted octanol–water partition coefficient (Wildman–Crippen LogP) is 3.61. The van der Waals surface area contributed by atoms with Crippen molar-refractivity contribution in [3.63, 3.8) is 0 Å². The Balaban J connectivity index is 2.11. The van der Waals surface area contributed by atoms with Gasteiger partial charge in [0.15, 0.2) is 11.6 Å². The summed E-state index contributed by atoms with van der Waals surface area (Å²) in [6.07, 6.45) is 0. The Kier molecular flexibility index (Phi) is 5.90. The fraction of sp³-hybridized carbons (Fsp3) is 0.294. The smallest absolute Gasteiger partial charge is 0.243 e. The van der Waals surface area contributed by atoms with E-state index in [2.05, 4.69) is 5.32 Å². The lowest BCUT2D eigenvalue weighted by Crippen LogP contribution is -2.30. The van der Waals surface area contributed by atoms with Crippen LogP contribution in [-0.4, -0.2) is 25.8 Å². The second-order valence-electron chi connectivity index (χ2n) is 5.18. The van der Waals surface area contributed by atoms with Crippen molar-refractivity contribution in [3.05, 3.63) is 59.7 Å². The Bertz CT molecular complexity index is 789. The van der Waals surface area contributed by atoms with Crippen LogP contribution in [0.4, 0.5) is 14.5 Å². The molecular formula is C17H20F2N2O2S. The number of anilines is 1. The minimum Gasteiger partial charge on any atom is -0.381 e. The van der Waals surface area contributed by atoms with Crippen LogP contribution in [0.5, 0.6) is 0 Å². The molecule has 0 aliphatic heterocycles. The third kappa shape index (κ3) is 3.91. The fourth-order valence-corrected chi connectivity index (χ4v) is 3.80.